The Morgan fingerprint density at radius 3 is 2.77 bits per heavy atom. The zero-order valence-corrected chi connectivity index (χ0v) is 15.4. The van der Waals surface area contributed by atoms with Gasteiger partial charge in [0.2, 0.25) is 15.9 Å². The maximum absolute atomic E-state index is 12.1. The van der Waals surface area contributed by atoms with Gasteiger partial charge in [-0.25, -0.2) is 13.1 Å². The Morgan fingerprint density at radius 2 is 2.00 bits per heavy atom. The van der Waals surface area contributed by atoms with E-state index in [1.807, 2.05) is 18.2 Å². The lowest BCUT2D eigenvalue weighted by atomic mass is 10.1. The summed E-state index contributed by atoms with van der Waals surface area (Å²) in [5, 5.41) is 2.69. The lowest BCUT2D eigenvalue weighted by molar-refractivity contribution is -0.111. The third kappa shape index (κ3) is 3.95. The highest BCUT2D eigenvalue weighted by Gasteiger charge is 2.15. The zero-order valence-electron chi connectivity index (χ0n) is 14.6. The van der Waals surface area contributed by atoms with Crippen LogP contribution in [0.2, 0.25) is 0 Å². The highest BCUT2D eigenvalue weighted by molar-refractivity contribution is 7.89. The Morgan fingerprint density at radius 1 is 1.19 bits per heavy atom. The third-order valence-electron chi connectivity index (χ3n) is 4.15. The number of hydrogen-bond acceptors (Lipinski definition) is 4. The molecule has 1 aliphatic rings. The topological polar surface area (TPSA) is 84.5 Å². The van der Waals surface area contributed by atoms with E-state index < -0.39 is 10.0 Å². The summed E-state index contributed by atoms with van der Waals surface area (Å²) in [6, 6.07) is 10.5. The van der Waals surface area contributed by atoms with Crippen molar-refractivity contribution >= 4 is 27.7 Å². The van der Waals surface area contributed by atoms with E-state index in [4.69, 9.17) is 4.74 Å². The van der Waals surface area contributed by atoms with Crippen LogP contribution in [0.1, 0.15) is 16.7 Å². The number of carbonyl (C=O) groups is 1. The van der Waals surface area contributed by atoms with Crippen LogP contribution in [0.4, 0.5) is 5.69 Å². The summed E-state index contributed by atoms with van der Waals surface area (Å²) in [5.74, 6) is 0.558. The third-order valence-corrected chi connectivity index (χ3v) is 5.71. The molecule has 7 heteroatoms. The largest absolute Gasteiger partial charge is 0.493 e. The van der Waals surface area contributed by atoms with Crippen LogP contribution in [0.5, 0.6) is 5.75 Å². The molecule has 0 atom stereocenters. The summed E-state index contributed by atoms with van der Waals surface area (Å²) < 4.78 is 31.8. The van der Waals surface area contributed by atoms with Crippen molar-refractivity contribution in [1.29, 1.82) is 0 Å². The van der Waals surface area contributed by atoms with E-state index in [9.17, 15) is 13.2 Å². The van der Waals surface area contributed by atoms with Gasteiger partial charge in [-0.1, -0.05) is 12.1 Å². The van der Waals surface area contributed by atoms with Gasteiger partial charge in [-0.3, -0.25) is 4.79 Å². The summed E-state index contributed by atoms with van der Waals surface area (Å²) in [6.45, 7) is 2.39. The molecule has 0 bridgehead atoms. The number of aryl methyl sites for hydroxylation is 1. The molecule has 0 aliphatic carbocycles. The van der Waals surface area contributed by atoms with Gasteiger partial charge in [0.15, 0.2) is 0 Å². The predicted octanol–water partition coefficient (Wildman–Crippen LogP) is 2.49. The minimum Gasteiger partial charge on any atom is -0.493 e. The number of hydrogen-bond donors (Lipinski definition) is 2. The van der Waals surface area contributed by atoms with Crippen molar-refractivity contribution < 1.29 is 17.9 Å². The van der Waals surface area contributed by atoms with Crippen LogP contribution in [-0.2, 0) is 21.2 Å². The summed E-state index contributed by atoms with van der Waals surface area (Å²) in [5.41, 5.74) is 3.06. The SMILES string of the molecule is CNS(=O)(=O)c1cc(NC(=O)/C=C/c2ccc3c(c2)CCO3)ccc1C. The number of carbonyl (C=O) groups excluding carboxylic acids is 1. The van der Waals surface area contributed by atoms with E-state index in [1.165, 1.54) is 19.2 Å². The van der Waals surface area contributed by atoms with Gasteiger partial charge in [-0.05, 0) is 61.0 Å². The molecule has 2 N–H and O–H groups in total. The second-order valence-electron chi connectivity index (χ2n) is 5.98. The van der Waals surface area contributed by atoms with E-state index in [-0.39, 0.29) is 10.8 Å². The molecule has 1 amide bonds. The highest BCUT2D eigenvalue weighted by Crippen LogP contribution is 2.26. The van der Waals surface area contributed by atoms with E-state index in [0.717, 1.165) is 23.3 Å². The Labute approximate surface area is 152 Å². The molecule has 136 valence electrons. The van der Waals surface area contributed by atoms with E-state index >= 15 is 0 Å². The molecular weight excluding hydrogens is 352 g/mol. The number of nitrogens with one attached hydrogen (secondary N) is 2. The van der Waals surface area contributed by atoms with Crippen molar-refractivity contribution in [3.05, 3.63) is 59.2 Å². The lowest BCUT2D eigenvalue weighted by Gasteiger charge is -2.09. The Bertz CT molecular complexity index is 981. The fraction of sp³-hybridized carbons (Fsp3) is 0.211. The number of sulfonamides is 1. The molecule has 0 fully saturated rings. The molecule has 26 heavy (non-hydrogen) atoms. The normalized spacial score (nSPS) is 13.5. The first-order valence-corrected chi connectivity index (χ1v) is 9.66. The molecule has 0 unspecified atom stereocenters. The van der Waals surface area contributed by atoms with E-state index in [0.29, 0.717) is 17.9 Å². The molecule has 1 aliphatic heterocycles. The molecule has 0 saturated heterocycles. The van der Waals surface area contributed by atoms with Crippen LogP contribution in [0, 0.1) is 6.92 Å². The van der Waals surface area contributed by atoms with Gasteiger partial charge < -0.3 is 10.1 Å². The zero-order chi connectivity index (χ0) is 18.7. The van der Waals surface area contributed by atoms with Gasteiger partial charge in [0, 0.05) is 18.2 Å². The minimum absolute atomic E-state index is 0.139. The van der Waals surface area contributed by atoms with Gasteiger partial charge in [0.1, 0.15) is 5.75 Å². The number of fused-ring (bicyclic) bond motifs is 1. The standard InChI is InChI=1S/C19H20N2O4S/c1-13-3-6-16(12-18(13)26(23,24)20-2)21-19(22)8-5-14-4-7-17-15(11-14)9-10-25-17/h3-8,11-12,20H,9-10H2,1-2H3,(H,21,22)/b8-5+. The second-order valence-corrected chi connectivity index (χ2v) is 7.83. The maximum atomic E-state index is 12.1. The molecule has 0 aromatic heterocycles. The minimum atomic E-state index is -3.58. The fourth-order valence-electron chi connectivity index (χ4n) is 2.74. The summed E-state index contributed by atoms with van der Waals surface area (Å²) in [7, 11) is -2.23. The second kappa shape index (κ2) is 7.31. The monoisotopic (exact) mass is 372 g/mol. The van der Waals surface area contributed by atoms with Gasteiger partial charge in [-0.2, -0.15) is 0 Å². The molecule has 0 spiro atoms. The lowest BCUT2D eigenvalue weighted by Crippen LogP contribution is -2.20. The first-order valence-electron chi connectivity index (χ1n) is 8.18. The van der Waals surface area contributed by atoms with Crippen LogP contribution in [0.15, 0.2) is 47.4 Å². The molecule has 6 nitrogen and oxygen atoms in total. The summed E-state index contributed by atoms with van der Waals surface area (Å²) >= 11 is 0. The molecule has 0 radical (unpaired) electrons. The highest BCUT2D eigenvalue weighted by atomic mass is 32.2. The summed E-state index contributed by atoms with van der Waals surface area (Å²) in [6.07, 6.45) is 4.01. The van der Waals surface area contributed by atoms with E-state index in [1.54, 1.807) is 25.1 Å². The molecule has 0 saturated carbocycles. The first-order chi connectivity index (χ1) is 12.4. The number of amides is 1. The van der Waals surface area contributed by atoms with Crippen molar-refractivity contribution in [2.45, 2.75) is 18.2 Å². The van der Waals surface area contributed by atoms with Crippen LogP contribution in [0.25, 0.3) is 6.08 Å². The van der Waals surface area contributed by atoms with Crippen LogP contribution in [-0.4, -0.2) is 28.0 Å². The average molecular weight is 372 g/mol. The van der Waals surface area contributed by atoms with Gasteiger partial charge >= 0.3 is 0 Å². The quantitative estimate of drug-likeness (QED) is 0.790. The molecule has 2 aromatic carbocycles. The number of rotatable bonds is 5. The first kappa shape index (κ1) is 18.2. The number of ether oxygens (including phenoxy) is 1. The number of benzene rings is 2. The van der Waals surface area contributed by atoms with Crippen LogP contribution in [0.3, 0.4) is 0 Å². The van der Waals surface area contributed by atoms with Crippen molar-refractivity contribution in [2.75, 3.05) is 19.0 Å². The Kier molecular flexibility index (Phi) is 5.11. The van der Waals surface area contributed by atoms with Gasteiger partial charge in [0.25, 0.3) is 0 Å². The average Bonchev–Trinajstić information content (AvgIpc) is 3.09. The fourth-order valence-corrected chi connectivity index (χ4v) is 3.74. The van der Waals surface area contributed by atoms with Crippen molar-refractivity contribution in [1.82, 2.24) is 4.72 Å². The molecule has 2 aromatic rings. The van der Waals surface area contributed by atoms with E-state index in [2.05, 4.69) is 10.0 Å². The van der Waals surface area contributed by atoms with Crippen LogP contribution >= 0.6 is 0 Å². The molecule has 1 heterocycles. The van der Waals surface area contributed by atoms with Crippen molar-refractivity contribution in [2.24, 2.45) is 0 Å². The Hall–Kier alpha value is -2.64. The Balaban J connectivity index is 1.73. The maximum Gasteiger partial charge on any atom is 0.248 e. The van der Waals surface area contributed by atoms with Gasteiger partial charge in [-0.15, -0.1) is 0 Å². The number of anilines is 1. The molecular formula is C19H20N2O4S. The van der Waals surface area contributed by atoms with Gasteiger partial charge in [0.05, 0.1) is 11.5 Å². The predicted molar refractivity (Wildman–Crippen MR) is 101 cm³/mol. The molecule has 3 rings (SSSR count). The van der Waals surface area contributed by atoms with Crippen molar-refractivity contribution in [3.63, 3.8) is 0 Å². The van der Waals surface area contributed by atoms with Crippen molar-refractivity contribution in [3.8, 4) is 5.75 Å². The summed E-state index contributed by atoms with van der Waals surface area (Å²) in [4.78, 5) is 12.3. The smallest absolute Gasteiger partial charge is 0.248 e. The van der Waals surface area contributed by atoms with Crippen LogP contribution < -0.4 is 14.8 Å².